The zero-order chi connectivity index (χ0) is 19.1. The number of nitrogens with one attached hydrogen (secondary N) is 1. The lowest BCUT2D eigenvalue weighted by molar-refractivity contribution is 0.581. The molecule has 0 unspecified atom stereocenters. The molecule has 142 valence electrons. The van der Waals surface area contributed by atoms with Gasteiger partial charge in [0.1, 0.15) is 5.52 Å². The summed E-state index contributed by atoms with van der Waals surface area (Å²) in [5.41, 5.74) is 9.51. The number of hydrogen-bond donors (Lipinski definition) is 2. The second-order valence-electron chi connectivity index (χ2n) is 6.74. The fourth-order valence-corrected chi connectivity index (χ4v) is 4.16. The Morgan fingerprint density at radius 1 is 1.15 bits per heavy atom. The van der Waals surface area contributed by atoms with Crippen LogP contribution in [0.25, 0.3) is 11.0 Å². The number of fused-ring (bicyclic) bond motifs is 1. The molecule has 1 atom stereocenters. The third-order valence-corrected chi connectivity index (χ3v) is 5.54. The van der Waals surface area contributed by atoms with E-state index in [9.17, 15) is 0 Å². The summed E-state index contributed by atoms with van der Waals surface area (Å²) in [4.78, 5) is 11.5. The lowest BCUT2D eigenvalue weighted by Gasteiger charge is -2.27. The van der Waals surface area contributed by atoms with Crippen LogP contribution in [-0.2, 0) is 7.05 Å². The average Bonchev–Trinajstić information content (AvgIpc) is 2.98. The van der Waals surface area contributed by atoms with Crippen molar-refractivity contribution in [1.29, 1.82) is 0 Å². The summed E-state index contributed by atoms with van der Waals surface area (Å²) >= 11 is 12.5. The molecule has 9 heteroatoms. The van der Waals surface area contributed by atoms with E-state index in [4.69, 9.17) is 33.9 Å². The first-order valence-corrected chi connectivity index (χ1v) is 9.62. The summed E-state index contributed by atoms with van der Waals surface area (Å²) in [5, 5.41) is 9.12. The minimum absolute atomic E-state index is 0.0325. The Morgan fingerprint density at radius 3 is 2.59 bits per heavy atom. The molecule has 27 heavy (non-hydrogen) atoms. The minimum Gasteiger partial charge on any atom is -0.382 e. The van der Waals surface area contributed by atoms with Crippen molar-refractivity contribution in [3.8, 4) is 0 Å². The number of anilines is 2. The molecule has 1 aliphatic heterocycles. The first-order chi connectivity index (χ1) is 13.0. The van der Waals surface area contributed by atoms with Gasteiger partial charge < -0.3 is 16.0 Å². The molecule has 0 aliphatic carbocycles. The Kier molecular flexibility index (Phi) is 4.84. The predicted molar refractivity (Wildman–Crippen MR) is 110 cm³/mol. The normalized spacial score (nSPS) is 16.1. The van der Waals surface area contributed by atoms with E-state index in [1.165, 1.54) is 0 Å². The van der Waals surface area contributed by atoms with Crippen molar-refractivity contribution in [3.63, 3.8) is 0 Å². The van der Waals surface area contributed by atoms with Gasteiger partial charge in [0.2, 0.25) is 5.95 Å². The molecule has 1 aromatic carbocycles. The Bertz CT molecular complexity index is 995. The van der Waals surface area contributed by atoms with E-state index in [0.717, 1.165) is 43.0 Å². The number of hydrogen-bond acceptors (Lipinski definition) is 6. The minimum atomic E-state index is -0.0325. The highest BCUT2D eigenvalue weighted by molar-refractivity contribution is 6.35. The maximum absolute atomic E-state index is 6.44. The lowest BCUT2D eigenvalue weighted by atomic mass is 9.96. The molecule has 0 amide bonds. The second-order valence-corrected chi connectivity index (χ2v) is 7.58. The van der Waals surface area contributed by atoms with Crippen LogP contribution < -0.4 is 16.0 Å². The number of nitrogens with two attached hydrogens (primary N) is 1. The number of halogens is 2. The first kappa shape index (κ1) is 18.3. The number of nitrogen functional groups attached to an aromatic ring is 1. The highest BCUT2D eigenvalue weighted by Gasteiger charge is 2.24. The van der Waals surface area contributed by atoms with Gasteiger partial charge in [-0.1, -0.05) is 36.2 Å². The number of aryl methyl sites for hydroxylation is 1. The second kappa shape index (κ2) is 7.14. The molecule has 1 saturated heterocycles. The third-order valence-electron chi connectivity index (χ3n) is 4.98. The van der Waals surface area contributed by atoms with Crippen molar-refractivity contribution in [2.45, 2.75) is 12.8 Å². The molecule has 0 bridgehead atoms. The summed E-state index contributed by atoms with van der Waals surface area (Å²) in [7, 11) is 1.89. The van der Waals surface area contributed by atoms with Crippen LogP contribution in [0.1, 0.15) is 24.1 Å². The Morgan fingerprint density at radius 2 is 1.89 bits per heavy atom. The topological polar surface area (TPSA) is 84.9 Å². The number of piperazine rings is 1. The summed E-state index contributed by atoms with van der Waals surface area (Å²) in [6.45, 7) is 5.57. The monoisotopic (exact) mass is 405 g/mol. The standard InChI is InChI=1S/C18H21Cl2N7/c1-10(12-4-3-11(19)9-13(12)20)16-14-15(25-26(16)2)17(21)24-18(23-14)27-7-5-22-6-8-27/h3-4,9-10,22H,5-8H2,1-2H3,(H2,21,23,24)/t10-/m1/s1. The molecule has 4 rings (SSSR count). The molecule has 3 aromatic rings. The van der Waals surface area contributed by atoms with E-state index in [1.54, 1.807) is 6.07 Å². The van der Waals surface area contributed by atoms with Crippen molar-refractivity contribution in [2.24, 2.45) is 7.05 Å². The van der Waals surface area contributed by atoms with Crippen molar-refractivity contribution < 1.29 is 0 Å². The van der Waals surface area contributed by atoms with Crippen molar-refractivity contribution in [2.75, 3.05) is 36.8 Å². The van der Waals surface area contributed by atoms with Crippen LogP contribution in [0.5, 0.6) is 0 Å². The van der Waals surface area contributed by atoms with Gasteiger partial charge in [0.05, 0.1) is 5.69 Å². The van der Waals surface area contributed by atoms with Crippen LogP contribution in [0.3, 0.4) is 0 Å². The maximum Gasteiger partial charge on any atom is 0.228 e. The quantitative estimate of drug-likeness (QED) is 0.696. The molecule has 7 nitrogen and oxygen atoms in total. The highest BCUT2D eigenvalue weighted by atomic mass is 35.5. The van der Waals surface area contributed by atoms with Crippen molar-refractivity contribution >= 4 is 46.0 Å². The molecule has 3 N–H and O–H groups in total. The molecular weight excluding hydrogens is 385 g/mol. The van der Waals surface area contributed by atoms with Crippen molar-refractivity contribution in [1.82, 2.24) is 25.1 Å². The predicted octanol–water partition coefficient (Wildman–Crippen LogP) is 2.81. The zero-order valence-corrected chi connectivity index (χ0v) is 16.7. The van der Waals surface area contributed by atoms with Gasteiger partial charge in [0.15, 0.2) is 11.3 Å². The number of nitrogens with zero attached hydrogens (tertiary/aromatic N) is 5. The summed E-state index contributed by atoms with van der Waals surface area (Å²) < 4.78 is 1.81. The van der Waals surface area contributed by atoms with Gasteiger partial charge in [0, 0.05) is 49.2 Å². The van der Waals surface area contributed by atoms with E-state index < -0.39 is 0 Å². The smallest absolute Gasteiger partial charge is 0.228 e. The Labute approximate surface area is 167 Å². The summed E-state index contributed by atoms with van der Waals surface area (Å²) in [6.07, 6.45) is 0. The fourth-order valence-electron chi connectivity index (χ4n) is 3.59. The largest absolute Gasteiger partial charge is 0.382 e. The van der Waals surface area contributed by atoms with E-state index in [0.29, 0.717) is 27.3 Å². The maximum atomic E-state index is 6.44. The van der Waals surface area contributed by atoms with Gasteiger partial charge in [-0.05, 0) is 17.7 Å². The number of aromatic nitrogens is 4. The van der Waals surface area contributed by atoms with Crippen molar-refractivity contribution in [3.05, 3.63) is 39.5 Å². The number of rotatable bonds is 3. The SMILES string of the molecule is C[C@H](c1ccc(Cl)cc1Cl)c1c2nc(N3CCNCC3)nc(N)c2nn1C. The van der Waals surface area contributed by atoms with Crippen LogP contribution in [0.4, 0.5) is 11.8 Å². The molecule has 3 heterocycles. The molecule has 1 fully saturated rings. The van der Waals surface area contributed by atoms with E-state index in [1.807, 2.05) is 23.9 Å². The first-order valence-electron chi connectivity index (χ1n) is 8.86. The van der Waals surface area contributed by atoms with Gasteiger partial charge >= 0.3 is 0 Å². The molecule has 2 aromatic heterocycles. The van der Waals surface area contributed by atoms with Gasteiger partial charge in [-0.2, -0.15) is 10.1 Å². The Balaban J connectivity index is 1.84. The van der Waals surface area contributed by atoms with Crippen LogP contribution >= 0.6 is 23.2 Å². The molecule has 0 radical (unpaired) electrons. The van der Waals surface area contributed by atoms with Gasteiger partial charge in [0.25, 0.3) is 0 Å². The van der Waals surface area contributed by atoms with E-state index in [-0.39, 0.29) is 5.92 Å². The van der Waals surface area contributed by atoms with Crippen LogP contribution in [0.15, 0.2) is 18.2 Å². The van der Waals surface area contributed by atoms with E-state index >= 15 is 0 Å². The third kappa shape index (κ3) is 3.31. The number of benzene rings is 1. The van der Waals surface area contributed by atoms with Gasteiger partial charge in [-0.15, -0.1) is 0 Å². The van der Waals surface area contributed by atoms with Crippen LogP contribution in [0, 0.1) is 0 Å². The fraction of sp³-hybridized carbons (Fsp3) is 0.389. The van der Waals surface area contributed by atoms with Crippen LogP contribution in [-0.4, -0.2) is 45.9 Å². The van der Waals surface area contributed by atoms with Gasteiger partial charge in [-0.3, -0.25) is 4.68 Å². The van der Waals surface area contributed by atoms with E-state index in [2.05, 4.69) is 27.2 Å². The molecule has 1 aliphatic rings. The lowest BCUT2D eigenvalue weighted by Crippen LogP contribution is -2.44. The summed E-state index contributed by atoms with van der Waals surface area (Å²) in [6, 6.07) is 5.53. The molecular formula is C18H21Cl2N7. The van der Waals surface area contributed by atoms with Gasteiger partial charge in [-0.25, -0.2) is 4.98 Å². The average molecular weight is 406 g/mol. The Hall–Kier alpha value is -2.09. The highest BCUT2D eigenvalue weighted by Crippen LogP contribution is 2.35. The summed E-state index contributed by atoms with van der Waals surface area (Å²) in [5.74, 6) is 1.00. The molecule has 0 saturated carbocycles. The zero-order valence-electron chi connectivity index (χ0n) is 15.2. The molecule has 0 spiro atoms. The van der Waals surface area contributed by atoms with Crippen LogP contribution in [0.2, 0.25) is 10.0 Å².